The second kappa shape index (κ2) is 7.86. The average molecular weight is 456 g/mol. The van der Waals surface area contributed by atoms with Gasteiger partial charge in [-0.25, -0.2) is 4.98 Å². The number of nitrogens with one attached hydrogen (secondary N) is 1. The van der Waals surface area contributed by atoms with Crippen molar-refractivity contribution in [2.24, 2.45) is 0 Å². The number of anilines is 2. The summed E-state index contributed by atoms with van der Waals surface area (Å²) in [6, 6.07) is 11.5. The van der Waals surface area contributed by atoms with Crippen LogP contribution < -0.4 is 10.1 Å². The van der Waals surface area contributed by atoms with Gasteiger partial charge in [-0.2, -0.15) is 4.98 Å². The van der Waals surface area contributed by atoms with E-state index >= 15 is 0 Å². The first-order valence-corrected chi connectivity index (χ1v) is 8.64. The quantitative estimate of drug-likeness (QED) is 0.375. The molecule has 0 bridgehead atoms. The SMILES string of the molecule is O=[N+]([O-])c1c(Nc2cc(Cl)ccc2Cl)ncnc1Oc1ccc(Br)cc1. The number of nitro groups is 1. The minimum atomic E-state index is -0.630. The van der Waals surface area contributed by atoms with E-state index in [0.29, 0.717) is 21.5 Å². The molecule has 10 heteroatoms. The van der Waals surface area contributed by atoms with Gasteiger partial charge in [0.05, 0.1) is 15.6 Å². The third kappa shape index (κ3) is 4.21. The molecule has 0 unspecified atom stereocenters. The van der Waals surface area contributed by atoms with Crippen LogP contribution in [0.4, 0.5) is 17.2 Å². The van der Waals surface area contributed by atoms with Crippen LogP contribution in [0.15, 0.2) is 53.3 Å². The number of nitrogens with zero attached hydrogens (tertiary/aromatic N) is 3. The normalized spacial score (nSPS) is 10.4. The van der Waals surface area contributed by atoms with Crippen molar-refractivity contribution < 1.29 is 9.66 Å². The number of hydrogen-bond acceptors (Lipinski definition) is 6. The van der Waals surface area contributed by atoms with Crippen LogP contribution in [0.3, 0.4) is 0 Å². The lowest BCUT2D eigenvalue weighted by atomic mass is 10.3. The number of hydrogen-bond donors (Lipinski definition) is 1. The van der Waals surface area contributed by atoms with Crippen molar-refractivity contribution in [1.82, 2.24) is 9.97 Å². The Balaban J connectivity index is 1.99. The molecular formula is C16H9BrCl2N4O3. The predicted molar refractivity (Wildman–Crippen MR) is 103 cm³/mol. The first-order chi connectivity index (χ1) is 12.4. The third-order valence-corrected chi connectivity index (χ3v) is 4.27. The molecule has 1 N–H and O–H groups in total. The van der Waals surface area contributed by atoms with Crippen LogP contribution >= 0.6 is 39.1 Å². The fourth-order valence-electron chi connectivity index (χ4n) is 2.03. The van der Waals surface area contributed by atoms with Gasteiger partial charge in [0.2, 0.25) is 5.82 Å². The lowest BCUT2D eigenvalue weighted by molar-refractivity contribution is -0.385. The molecule has 0 atom stereocenters. The summed E-state index contributed by atoms with van der Waals surface area (Å²) in [4.78, 5) is 18.7. The molecule has 0 fully saturated rings. The van der Waals surface area contributed by atoms with Gasteiger partial charge in [-0.05, 0) is 42.5 Å². The molecule has 0 spiro atoms. The second-order valence-corrected chi connectivity index (χ2v) is 6.70. The molecular weight excluding hydrogens is 447 g/mol. The maximum atomic E-state index is 11.6. The maximum Gasteiger partial charge on any atom is 0.373 e. The van der Waals surface area contributed by atoms with Crippen molar-refractivity contribution in [2.75, 3.05) is 5.32 Å². The van der Waals surface area contributed by atoms with Crippen LogP contribution in [0.25, 0.3) is 0 Å². The Morgan fingerprint density at radius 3 is 2.54 bits per heavy atom. The number of benzene rings is 2. The van der Waals surface area contributed by atoms with E-state index in [1.165, 1.54) is 6.07 Å². The number of aromatic nitrogens is 2. The van der Waals surface area contributed by atoms with Crippen molar-refractivity contribution >= 4 is 56.3 Å². The molecule has 0 aliphatic rings. The maximum absolute atomic E-state index is 11.6. The van der Waals surface area contributed by atoms with E-state index in [0.717, 1.165) is 10.8 Å². The Morgan fingerprint density at radius 2 is 1.85 bits per heavy atom. The van der Waals surface area contributed by atoms with Gasteiger partial charge in [-0.15, -0.1) is 0 Å². The van der Waals surface area contributed by atoms with Gasteiger partial charge in [0.1, 0.15) is 12.1 Å². The Kier molecular flexibility index (Phi) is 5.55. The highest BCUT2D eigenvalue weighted by atomic mass is 79.9. The summed E-state index contributed by atoms with van der Waals surface area (Å²) in [6.45, 7) is 0. The van der Waals surface area contributed by atoms with E-state index in [1.807, 2.05) is 0 Å². The lowest BCUT2D eigenvalue weighted by Gasteiger charge is -2.10. The van der Waals surface area contributed by atoms with Crippen LogP contribution in [0.1, 0.15) is 0 Å². The molecule has 3 rings (SSSR count). The predicted octanol–water partition coefficient (Wildman–Crippen LogP) is 5.99. The summed E-state index contributed by atoms with van der Waals surface area (Å²) < 4.78 is 6.39. The Bertz CT molecular complexity index is 970. The molecule has 0 radical (unpaired) electrons. The summed E-state index contributed by atoms with van der Waals surface area (Å²) in [5, 5.41) is 15.1. The van der Waals surface area contributed by atoms with Crippen LogP contribution in [-0.4, -0.2) is 14.9 Å². The van der Waals surface area contributed by atoms with Gasteiger partial charge < -0.3 is 10.1 Å². The zero-order valence-electron chi connectivity index (χ0n) is 12.8. The largest absolute Gasteiger partial charge is 0.434 e. The molecule has 1 aromatic heterocycles. The Labute approximate surface area is 166 Å². The summed E-state index contributed by atoms with van der Waals surface area (Å²) in [5.41, 5.74) is -0.0537. The van der Waals surface area contributed by atoms with Crippen LogP contribution in [0.5, 0.6) is 11.6 Å². The first kappa shape index (κ1) is 18.4. The lowest BCUT2D eigenvalue weighted by Crippen LogP contribution is -2.03. The summed E-state index contributed by atoms with van der Waals surface area (Å²) in [6.07, 6.45) is 1.15. The van der Waals surface area contributed by atoms with Crippen molar-refractivity contribution in [2.45, 2.75) is 0 Å². The van der Waals surface area contributed by atoms with Crippen LogP contribution in [0.2, 0.25) is 10.0 Å². The van der Waals surface area contributed by atoms with E-state index in [4.69, 9.17) is 27.9 Å². The molecule has 0 amide bonds. The van der Waals surface area contributed by atoms with Crippen molar-refractivity contribution in [3.05, 3.63) is 73.4 Å². The van der Waals surface area contributed by atoms with E-state index in [9.17, 15) is 10.1 Å². The van der Waals surface area contributed by atoms with E-state index in [-0.39, 0.29) is 11.7 Å². The fraction of sp³-hybridized carbons (Fsp3) is 0. The average Bonchev–Trinajstić information content (AvgIpc) is 2.60. The van der Waals surface area contributed by atoms with Gasteiger partial charge in [0.15, 0.2) is 0 Å². The van der Waals surface area contributed by atoms with Gasteiger partial charge >= 0.3 is 11.6 Å². The summed E-state index contributed by atoms with van der Waals surface area (Å²) in [5.74, 6) is 0.121. The molecule has 0 saturated heterocycles. The van der Waals surface area contributed by atoms with E-state index < -0.39 is 10.6 Å². The monoisotopic (exact) mass is 454 g/mol. The minimum Gasteiger partial charge on any atom is -0.434 e. The van der Waals surface area contributed by atoms with Gasteiger partial charge in [0.25, 0.3) is 0 Å². The zero-order chi connectivity index (χ0) is 18.7. The topological polar surface area (TPSA) is 90.2 Å². The van der Waals surface area contributed by atoms with Gasteiger partial charge in [-0.3, -0.25) is 10.1 Å². The molecule has 0 aliphatic carbocycles. The van der Waals surface area contributed by atoms with Crippen molar-refractivity contribution in [1.29, 1.82) is 0 Å². The molecule has 0 aliphatic heterocycles. The third-order valence-electron chi connectivity index (χ3n) is 3.18. The highest BCUT2D eigenvalue weighted by Gasteiger charge is 2.25. The molecule has 2 aromatic carbocycles. The molecule has 7 nitrogen and oxygen atoms in total. The summed E-state index contributed by atoms with van der Waals surface area (Å²) in [7, 11) is 0. The van der Waals surface area contributed by atoms with Gasteiger partial charge in [-0.1, -0.05) is 39.1 Å². The van der Waals surface area contributed by atoms with Crippen molar-refractivity contribution in [3.8, 4) is 11.6 Å². The molecule has 0 saturated carbocycles. The Hall–Kier alpha value is -2.42. The number of ether oxygens (including phenoxy) is 1. The van der Waals surface area contributed by atoms with Crippen LogP contribution in [-0.2, 0) is 0 Å². The van der Waals surface area contributed by atoms with E-state index in [1.54, 1.807) is 36.4 Å². The molecule has 26 heavy (non-hydrogen) atoms. The number of halogens is 3. The highest BCUT2D eigenvalue weighted by molar-refractivity contribution is 9.10. The zero-order valence-corrected chi connectivity index (χ0v) is 15.9. The molecule has 132 valence electrons. The fourth-order valence-corrected chi connectivity index (χ4v) is 2.63. The highest BCUT2D eigenvalue weighted by Crippen LogP contribution is 2.37. The van der Waals surface area contributed by atoms with E-state index in [2.05, 4.69) is 31.2 Å². The Morgan fingerprint density at radius 1 is 1.12 bits per heavy atom. The second-order valence-electron chi connectivity index (χ2n) is 4.94. The standard InChI is InChI=1S/C16H9BrCl2N4O3/c17-9-1-4-11(5-2-9)26-16-14(23(24)25)15(20-8-21-16)22-13-7-10(18)3-6-12(13)19/h1-8H,(H,20,21,22). The smallest absolute Gasteiger partial charge is 0.373 e. The minimum absolute atomic E-state index is 0.0683. The number of rotatable bonds is 5. The molecule has 3 aromatic rings. The summed E-state index contributed by atoms with van der Waals surface area (Å²) >= 11 is 15.3. The first-order valence-electron chi connectivity index (χ1n) is 7.09. The van der Waals surface area contributed by atoms with Gasteiger partial charge in [0, 0.05) is 9.50 Å². The van der Waals surface area contributed by atoms with Crippen LogP contribution in [0, 0.1) is 10.1 Å². The van der Waals surface area contributed by atoms with Crippen molar-refractivity contribution in [3.63, 3.8) is 0 Å². The molecule has 1 heterocycles.